The molecule has 36 heavy (non-hydrogen) atoms. The molecule has 0 aromatic heterocycles. The normalized spacial score (nSPS) is 14.1. The fraction of sp³-hybridized carbons (Fsp3) is 0.333. The fourth-order valence-electron chi connectivity index (χ4n) is 4.16. The maximum atomic E-state index is 13.1. The minimum atomic E-state index is -0.553. The molecule has 3 N–H and O–H groups in total. The third-order valence-electron chi connectivity index (χ3n) is 6.11. The molecule has 1 saturated heterocycles. The molecule has 9 heteroatoms. The number of aliphatic hydroxyl groups is 1. The lowest BCUT2D eigenvalue weighted by molar-refractivity contribution is 0.0661. The summed E-state index contributed by atoms with van der Waals surface area (Å²) in [5.74, 6) is 0.520. The number of nitrogen functional groups attached to an aromatic ring is 1. The number of nitrogens with zero attached hydrogens (tertiary/aromatic N) is 2. The van der Waals surface area contributed by atoms with E-state index in [0.29, 0.717) is 12.2 Å². The molecular formula is C27H35Cl3FN3O2. The van der Waals surface area contributed by atoms with Crippen LogP contribution in [0.25, 0.3) is 0 Å². The number of rotatable bonds is 8. The Hall–Kier alpha value is -2.22. The van der Waals surface area contributed by atoms with Crippen molar-refractivity contribution in [2.24, 2.45) is 0 Å². The second-order valence-electron chi connectivity index (χ2n) is 8.75. The second kappa shape index (κ2) is 15.1. The molecule has 0 saturated carbocycles. The number of nitrogens with two attached hydrogens (primary N) is 1. The van der Waals surface area contributed by atoms with E-state index in [1.54, 1.807) is 6.07 Å². The van der Waals surface area contributed by atoms with Crippen molar-refractivity contribution in [2.45, 2.75) is 19.4 Å². The first-order valence-corrected chi connectivity index (χ1v) is 11.4. The molecule has 198 valence electrons. The van der Waals surface area contributed by atoms with Crippen LogP contribution in [0.1, 0.15) is 16.7 Å². The zero-order valence-electron chi connectivity index (χ0n) is 20.3. The highest BCUT2D eigenvalue weighted by Gasteiger charge is 2.20. The van der Waals surface area contributed by atoms with Gasteiger partial charge in [-0.25, -0.2) is 4.39 Å². The topological polar surface area (TPSA) is 62.0 Å². The molecule has 1 heterocycles. The van der Waals surface area contributed by atoms with Crippen molar-refractivity contribution in [3.05, 3.63) is 89.2 Å². The van der Waals surface area contributed by atoms with Gasteiger partial charge in [0.2, 0.25) is 0 Å². The van der Waals surface area contributed by atoms with Crippen LogP contribution in [0.15, 0.2) is 66.7 Å². The third kappa shape index (κ3) is 9.02. The smallest absolute Gasteiger partial charge is 0.124 e. The summed E-state index contributed by atoms with van der Waals surface area (Å²) in [5, 5.41) is 10.4. The lowest BCUT2D eigenvalue weighted by Gasteiger charge is -2.37. The van der Waals surface area contributed by atoms with Crippen LogP contribution in [0.3, 0.4) is 0 Å². The molecule has 0 radical (unpaired) electrons. The van der Waals surface area contributed by atoms with Gasteiger partial charge in [0, 0.05) is 50.2 Å². The molecule has 0 aliphatic carbocycles. The number of β-amino-alcohol motifs (C(OH)–C–C–N with tert-alkyl or cyclic N) is 1. The van der Waals surface area contributed by atoms with E-state index in [0.717, 1.165) is 49.5 Å². The Morgan fingerprint density at radius 2 is 1.47 bits per heavy atom. The summed E-state index contributed by atoms with van der Waals surface area (Å²) < 4.78 is 18.9. The summed E-state index contributed by atoms with van der Waals surface area (Å²) in [6, 6.07) is 20.8. The maximum Gasteiger partial charge on any atom is 0.124 e. The molecule has 1 fully saturated rings. The van der Waals surface area contributed by atoms with Crippen molar-refractivity contribution in [1.29, 1.82) is 0 Å². The van der Waals surface area contributed by atoms with Crippen molar-refractivity contribution in [1.82, 2.24) is 4.90 Å². The van der Waals surface area contributed by atoms with Crippen LogP contribution >= 0.6 is 37.2 Å². The van der Waals surface area contributed by atoms with E-state index in [-0.39, 0.29) is 49.6 Å². The molecule has 0 spiro atoms. The average molecular weight is 559 g/mol. The fourth-order valence-corrected chi connectivity index (χ4v) is 4.16. The molecule has 1 aliphatic rings. The van der Waals surface area contributed by atoms with E-state index in [4.69, 9.17) is 10.5 Å². The average Bonchev–Trinajstić information content (AvgIpc) is 2.82. The first-order chi connectivity index (χ1) is 16.0. The van der Waals surface area contributed by atoms with E-state index in [1.807, 2.05) is 31.2 Å². The van der Waals surface area contributed by atoms with Crippen LogP contribution in [0, 0.1) is 12.7 Å². The molecule has 5 nitrogen and oxygen atoms in total. The zero-order chi connectivity index (χ0) is 23.2. The number of aryl methyl sites for hydroxylation is 1. The standard InChI is InChI=1S/C27H32FN3O2.3ClH/c1-20-2-9-24(29)17-27(20)33-19-26(32)18-30-12-14-31(15-13-30)25-10-5-22(6-11-25)16-21-3-7-23(28)8-4-21;;;/h2-11,17,26,32H,12-16,18-19,29H2,1H3;3*1H/t26-;;;/m0.../s1. The maximum absolute atomic E-state index is 13.1. The van der Waals surface area contributed by atoms with Crippen molar-refractivity contribution < 1.29 is 14.2 Å². The summed E-state index contributed by atoms with van der Waals surface area (Å²) in [7, 11) is 0. The number of hydrogen-bond acceptors (Lipinski definition) is 5. The quantitative estimate of drug-likeness (QED) is 0.375. The van der Waals surface area contributed by atoms with E-state index in [9.17, 15) is 9.50 Å². The van der Waals surface area contributed by atoms with E-state index in [2.05, 4.69) is 34.1 Å². The minimum Gasteiger partial charge on any atom is -0.490 e. The number of anilines is 2. The lowest BCUT2D eigenvalue weighted by atomic mass is 10.0. The van der Waals surface area contributed by atoms with Crippen molar-refractivity contribution in [3.8, 4) is 5.75 Å². The van der Waals surface area contributed by atoms with Crippen LogP contribution in [0.2, 0.25) is 0 Å². The van der Waals surface area contributed by atoms with Crippen molar-refractivity contribution >= 4 is 48.6 Å². The molecule has 0 bridgehead atoms. The van der Waals surface area contributed by atoms with Gasteiger partial charge in [0.05, 0.1) is 0 Å². The number of aliphatic hydroxyl groups excluding tert-OH is 1. The third-order valence-corrected chi connectivity index (χ3v) is 6.11. The van der Waals surface area contributed by atoms with E-state index in [1.165, 1.54) is 23.4 Å². The van der Waals surface area contributed by atoms with Gasteiger partial charge >= 0.3 is 0 Å². The molecular weight excluding hydrogens is 524 g/mol. The molecule has 3 aromatic rings. The van der Waals surface area contributed by atoms with Crippen molar-refractivity contribution in [2.75, 3.05) is 50.0 Å². The highest BCUT2D eigenvalue weighted by atomic mass is 35.5. The first kappa shape index (κ1) is 31.8. The summed E-state index contributed by atoms with van der Waals surface area (Å²) in [4.78, 5) is 4.65. The number of halogens is 4. The molecule has 1 atom stereocenters. The van der Waals surface area contributed by atoms with Gasteiger partial charge in [-0.15, -0.1) is 37.2 Å². The number of ether oxygens (including phenoxy) is 1. The van der Waals surface area contributed by atoms with Gasteiger partial charge in [-0.3, -0.25) is 4.90 Å². The van der Waals surface area contributed by atoms with Gasteiger partial charge in [-0.2, -0.15) is 0 Å². The first-order valence-electron chi connectivity index (χ1n) is 11.4. The molecule has 0 amide bonds. The molecule has 1 aliphatic heterocycles. The monoisotopic (exact) mass is 557 g/mol. The molecule has 3 aromatic carbocycles. The van der Waals surface area contributed by atoms with Crippen LogP contribution < -0.4 is 15.4 Å². The van der Waals surface area contributed by atoms with Gasteiger partial charge in [0.1, 0.15) is 24.3 Å². The lowest BCUT2D eigenvalue weighted by Crippen LogP contribution is -2.49. The zero-order valence-corrected chi connectivity index (χ0v) is 22.8. The Morgan fingerprint density at radius 1 is 0.889 bits per heavy atom. The van der Waals surface area contributed by atoms with Crippen LogP contribution in [-0.2, 0) is 6.42 Å². The summed E-state index contributed by atoms with van der Waals surface area (Å²) in [6.45, 7) is 6.43. The van der Waals surface area contributed by atoms with E-state index >= 15 is 0 Å². The number of benzene rings is 3. The van der Waals surface area contributed by atoms with E-state index < -0.39 is 6.10 Å². The van der Waals surface area contributed by atoms with Crippen LogP contribution in [0.5, 0.6) is 5.75 Å². The highest BCUT2D eigenvalue weighted by Crippen LogP contribution is 2.22. The summed E-state index contributed by atoms with van der Waals surface area (Å²) in [5.41, 5.74) is 11.0. The SMILES string of the molecule is Cc1ccc(N)cc1OC[C@@H](O)CN1CCN(c2ccc(Cc3ccc(F)cc3)cc2)CC1.Cl.Cl.Cl. The molecule has 4 rings (SSSR count). The Morgan fingerprint density at radius 3 is 2.08 bits per heavy atom. The largest absolute Gasteiger partial charge is 0.490 e. The number of hydrogen-bond donors (Lipinski definition) is 2. The van der Waals surface area contributed by atoms with Crippen LogP contribution in [0.4, 0.5) is 15.8 Å². The van der Waals surface area contributed by atoms with Gasteiger partial charge in [-0.1, -0.05) is 30.3 Å². The van der Waals surface area contributed by atoms with Gasteiger partial charge < -0.3 is 20.5 Å². The van der Waals surface area contributed by atoms with Crippen molar-refractivity contribution in [3.63, 3.8) is 0 Å². The Kier molecular flexibility index (Phi) is 13.4. The summed E-state index contributed by atoms with van der Waals surface area (Å²) in [6.07, 6.45) is 0.242. The predicted molar refractivity (Wildman–Crippen MR) is 153 cm³/mol. The summed E-state index contributed by atoms with van der Waals surface area (Å²) >= 11 is 0. The van der Waals surface area contributed by atoms with Crippen LogP contribution in [-0.4, -0.2) is 55.4 Å². The van der Waals surface area contributed by atoms with Gasteiger partial charge in [0.25, 0.3) is 0 Å². The number of piperazine rings is 1. The predicted octanol–water partition coefficient (Wildman–Crippen LogP) is 5.13. The second-order valence-corrected chi connectivity index (χ2v) is 8.75. The Labute approximate surface area is 231 Å². The van der Waals surface area contributed by atoms with Gasteiger partial charge in [0.15, 0.2) is 0 Å². The minimum absolute atomic E-state index is 0. The highest BCUT2D eigenvalue weighted by molar-refractivity contribution is 5.86. The molecule has 0 unspecified atom stereocenters. The van der Waals surface area contributed by atoms with Gasteiger partial charge in [-0.05, 0) is 60.4 Å². The Balaban J connectivity index is 0.00000216. The Bertz CT molecular complexity index is 1050.